The predicted molar refractivity (Wildman–Crippen MR) is 72.8 cm³/mol. The van der Waals surface area contributed by atoms with Crippen LogP contribution in [0.1, 0.15) is 25.3 Å². The molecule has 1 aliphatic carbocycles. The maximum Gasteiger partial charge on any atom is 0.410 e. The summed E-state index contributed by atoms with van der Waals surface area (Å²) in [5, 5.41) is 3.58. The van der Waals surface area contributed by atoms with E-state index in [9.17, 15) is 4.79 Å². The molecule has 1 unspecified atom stereocenters. The Morgan fingerprint density at radius 1 is 1.42 bits per heavy atom. The monoisotopic (exact) mass is 260 g/mol. The van der Waals surface area contributed by atoms with E-state index in [1.807, 2.05) is 35.2 Å². The summed E-state index contributed by atoms with van der Waals surface area (Å²) in [7, 11) is 0. The third-order valence-electron chi connectivity index (χ3n) is 3.86. The number of rotatable bonds is 2. The molecule has 1 N–H and O–H groups in total. The summed E-state index contributed by atoms with van der Waals surface area (Å²) in [6.45, 7) is 3.99. The Kier molecular flexibility index (Phi) is 3.19. The summed E-state index contributed by atoms with van der Waals surface area (Å²) in [4.78, 5) is 14.0. The number of ether oxygens (including phenoxy) is 1. The Bertz CT molecular complexity index is 456. The van der Waals surface area contributed by atoms with E-state index in [4.69, 9.17) is 4.74 Å². The van der Waals surface area contributed by atoms with Crippen LogP contribution >= 0.6 is 0 Å². The molecule has 4 heteroatoms. The van der Waals surface area contributed by atoms with Crippen LogP contribution in [0, 0.1) is 0 Å². The van der Waals surface area contributed by atoms with Crippen molar-refractivity contribution in [3.63, 3.8) is 0 Å². The summed E-state index contributed by atoms with van der Waals surface area (Å²) in [5.41, 5.74) is 1.21. The molecular formula is C15H20N2O2. The van der Waals surface area contributed by atoms with E-state index in [1.54, 1.807) is 0 Å². The Labute approximate surface area is 113 Å². The average Bonchev–Trinajstić information content (AvgIpc) is 3.15. The van der Waals surface area contributed by atoms with Gasteiger partial charge >= 0.3 is 6.09 Å². The van der Waals surface area contributed by atoms with Crippen molar-refractivity contribution in [1.29, 1.82) is 0 Å². The lowest BCUT2D eigenvalue weighted by molar-refractivity contribution is 0.0746. The van der Waals surface area contributed by atoms with E-state index >= 15 is 0 Å². The zero-order chi connectivity index (χ0) is 13.3. The number of benzene rings is 1. The van der Waals surface area contributed by atoms with E-state index in [0.29, 0.717) is 12.6 Å². The molecule has 1 spiro atoms. The molecule has 1 aromatic rings. The van der Waals surface area contributed by atoms with Gasteiger partial charge < -0.3 is 15.0 Å². The Balaban J connectivity index is 1.55. The van der Waals surface area contributed by atoms with Crippen LogP contribution in [0.4, 0.5) is 4.79 Å². The fourth-order valence-electron chi connectivity index (χ4n) is 2.78. The van der Waals surface area contributed by atoms with Gasteiger partial charge in [-0.1, -0.05) is 30.3 Å². The normalized spacial score (nSPS) is 24.3. The van der Waals surface area contributed by atoms with Crippen molar-refractivity contribution in [1.82, 2.24) is 10.2 Å². The molecule has 2 fully saturated rings. The van der Waals surface area contributed by atoms with Crippen molar-refractivity contribution in [3.8, 4) is 0 Å². The zero-order valence-electron chi connectivity index (χ0n) is 11.3. The summed E-state index contributed by atoms with van der Waals surface area (Å²) in [6.07, 6.45) is 2.14. The summed E-state index contributed by atoms with van der Waals surface area (Å²) >= 11 is 0. The van der Waals surface area contributed by atoms with Gasteiger partial charge in [-0.15, -0.1) is 0 Å². The molecule has 4 nitrogen and oxygen atoms in total. The van der Waals surface area contributed by atoms with E-state index in [1.165, 1.54) is 12.8 Å². The minimum atomic E-state index is -0.191. The van der Waals surface area contributed by atoms with Crippen molar-refractivity contribution < 1.29 is 9.53 Å². The van der Waals surface area contributed by atoms with Crippen LogP contribution < -0.4 is 5.32 Å². The van der Waals surface area contributed by atoms with Crippen molar-refractivity contribution in [2.45, 2.75) is 38.0 Å². The van der Waals surface area contributed by atoms with Gasteiger partial charge in [0.15, 0.2) is 0 Å². The molecule has 1 aromatic carbocycles. The van der Waals surface area contributed by atoms with Crippen LogP contribution in [0.5, 0.6) is 0 Å². The highest BCUT2D eigenvalue weighted by molar-refractivity contribution is 5.68. The number of carbonyl (C=O) groups excluding carboxylic acids is 1. The molecule has 1 saturated heterocycles. The number of carbonyl (C=O) groups is 1. The molecule has 0 radical (unpaired) electrons. The van der Waals surface area contributed by atoms with Gasteiger partial charge in [0.05, 0.1) is 0 Å². The minimum Gasteiger partial charge on any atom is -0.445 e. The van der Waals surface area contributed by atoms with Gasteiger partial charge in [0.25, 0.3) is 0 Å². The highest BCUT2D eigenvalue weighted by Gasteiger charge is 2.48. The van der Waals surface area contributed by atoms with Crippen LogP contribution in [-0.2, 0) is 11.3 Å². The van der Waals surface area contributed by atoms with Gasteiger partial charge in [-0.2, -0.15) is 0 Å². The van der Waals surface area contributed by atoms with Gasteiger partial charge in [0.2, 0.25) is 0 Å². The first kappa shape index (κ1) is 12.5. The second kappa shape index (κ2) is 4.85. The van der Waals surface area contributed by atoms with Crippen molar-refractivity contribution in [2.75, 3.05) is 13.1 Å². The largest absolute Gasteiger partial charge is 0.445 e. The van der Waals surface area contributed by atoms with Crippen LogP contribution in [0.3, 0.4) is 0 Å². The van der Waals surface area contributed by atoms with Crippen molar-refractivity contribution >= 4 is 6.09 Å². The van der Waals surface area contributed by atoms with Gasteiger partial charge in [0.1, 0.15) is 6.61 Å². The Morgan fingerprint density at radius 2 is 2.16 bits per heavy atom. The Hall–Kier alpha value is -1.55. The summed E-state index contributed by atoms with van der Waals surface area (Å²) < 4.78 is 5.40. The molecular weight excluding hydrogens is 240 g/mol. The van der Waals surface area contributed by atoms with Crippen molar-refractivity contribution in [2.24, 2.45) is 0 Å². The fraction of sp³-hybridized carbons (Fsp3) is 0.533. The molecule has 0 aromatic heterocycles. The van der Waals surface area contributed by atoms with Gasteiger partial charge in [-0.25, -0.2) is 4.79 Å². The maximum absolute atomic E-state index is 12.1. The highest BCUT2D eigenvalue weighted by atomic mass is 16.6. The first-order chi connectivity index (χ1) is 9.17. The molecule has 1 aliphatic heterocycles. The van der Waals surface area contributed by atoms with Gasteiger partial charge in [0, 0.05) is 24.7 Å². The molecule has 3 rings (SSSR count). The third-order valence-corrected chi connectivity index (χ3v) is 3.86. The van der Waals surface area contributed by atoms with Crippen LogP contribution in [0.25, 0.3) is 0 Å². The minimum absolute atomic E-state index is 0.184. The zero-order valence-corrected chi connectivity index (χ0v) is 11.3. The number of piperazine rings is 1. The van der Waals surface area contributed by atoms with E-state index in [0.717, 1.165) is 18.7 Å². The standard InChI is InChI=1S/C15H20N2O2/c1-12-9-17(11-15(16-12)7-8-15)14(18)19-10-13-5-3-2-4-6-13/h2-6,12,16H,7-11H2,1H3. The van der Waals surface area contributed by atoms with Crippen LogP contribution in [0.15, 0.2) is 30.3 Å². The topological polar surface area (TPSA) is 41.6 Å². The lowest BCUT2D eigenvalue weighted by Crippen LogP contribution is -2.58. The SMILES string of the molecule is CC1CN(C(=O)OCc2ccccc2)CC2(CC2)N1. The predicted octanol–water partition coefficient (Wildman–Crippen LogP) is 2.15. The molecule has 1 amide bonds. The second-order valence-corrected chi connectivity index (χ2v) is 5.75. The lowest BCUT2D eigenvalue weighted by atomic mass is 10.1. The molecule has 1 saturated carbocycles. The van der Waals surface area contributed by atoms with Gasteiger partial charge in [-0.05, 0) is 25.3 Å². The number of hydrogen-bond acceptors (Lipinski definition) is 3. The smallest absolute Gasteiger partial charge is 0.410 e. The van der Waals surface area contributed by atoms with E-state index in [2.05, 4.69) is 12.2 Å². The van der Waals surface area contributed by atoms with E-state index < -0.39 is 0 Å². The van der Waals surface area contributed by atoms with Crippen LogP contribution in [0.2, 0.25) is 0 Å². The average molecular weight is 260 g/mol. The van der Waals surface area contributed by atoms with Gasteiger partial charge in [-0.3, -0.25) is 0 Å². The summed E-state index contributed by atoms with van der Waals surface area (Å²) in [5.74, 6) is 0. The third kappa shape index (κ3) is 2.89. The number of nitrogens with zero attached hydrogens (tertiary/aromatic N) is 1. The number of nitrogens with one attached hydrogen (secondary N) is 1. The first-order valence-corrected chi connectivity index (χ1v) is 6.90. The molecule has 19 heavy (non-hydrogen) atoms. The molecule has 102 valence electrons. The molecule has 2 aliphatic rings. The first-order valence-electron chi connectivity index (χ1n) is 6.90. The quantitative estimate of drug-likeness (QED) is 0.886. The second-order valence-electron chi connectivity index (χ2n) is 5.75. The fourth-order valence-corrected chi connectivity index (χ4v) is 2.78. The number of hydrogen-bond donors (Lipinski definition) is 1. The van der Waals surface area contributed by atoms with Crippen molar-refractivity contribution in [3.05, 3.63) is 35.9 Å². The Morgan fingerprint density at radius 3 is 2.84 bits per heavy atom. The molecule has 1 atom stereocenters. The maximum atomic E-state index is 12.1. The van der Waals surface area contributed by atoms with Crippen LogP contribution in [-0.4, -0.2) is 35.7 Å². The van der Waals surface area contributed by atoms with E-state index in [-0.39, 0.29) is 11.6 Å². The molecule has 1 heterocycles. The number of amides is 1. The highest BCUT2D eigenvalue weighted by Crippen LogP contribution is 2.38. The lowest BCUT2D eigenvalue weighted by Gasteiger charge is -2.37. The molecule has 0 bridgehead atoms. The summed E-state index contributed by atoms with van der Waals surface area (Å²) in [6, 6.07) is 10.2.